The number of nitrogens with one attached hydrogen (secondary N) is 2. The molecule has 0 saturated carbocycles. The Morgan fingerprint density at radius 1 is 0.875 bits per heavy atom. The van der Waals surface area contributed by atoms with Gasteiger partial charge in [-0.1, -0.05) is 0 Å². The van der Waals surface area contributed by atoms with Gasteiger partial charge in [0.15, 0.2) is 0 Å². The smallest absolute Gasteiger partial charge is 0.306 e. The van der Waals surface area contributed by atoms with Gasteiger partial charge in [-0.2, -0.15) is 0 Å². The number of carbonyl (C=O) groups excluding carboxylic acids is 2. The van der Waals surface area contributed by atoms with E-state index < -0.39 is 0 Å². The molecule has 2 amide bonds. The molecule has 24 heavy (non-hydrogen) atoms. The van der Waals surface area contributed by atoms with Crippen molar-refractivity contribution >= 4 is 23.6 Å². The van der Waals surface area contributed by atoms with Crippen LogP contribution in [0.15, 0.2) is 9.98 Å². The summed E-state index contributed by atoms with van der Waals surface area (Å²) < 4.78 is 10.5. The fourth-order valence-corrected chi connectivity index (χ4v) is 2.21. The molecule has 0 aromatic rings. The Morgan fingerprint density at radius 2 is 1.25 bits per heavy atom. The summed E-state index contributed by atoms with van der Waals surface area (Å²) in [6, 6.07) is 0. The Labute approximate surface area is 142 Å². The summed E-state index contributed by atoms with van der Waals surface area (Å²) in [4.78, 5) is 32.1. The highest BCUT2D eigenvalue weighted by atomic mass is 16.5. The molecule has 2 heterocycles. The van der Waals surface area contributed by atoms with Crippen molar-refractivity contribution < 1.29 is 19.1 Å². The first kappa shape index (κ1) is 18.2. The van der Waals surface area contributed by atoms with Crippen molar-refractivity contribution in [2.75, 3.05) is 26.3 Å². The summed E-state index contributed by atoms with van der Waals surface area (Å²) in [5.41, 5.74) is -0.674. The molecule has 0 saturated heterocycles. The molecule has 134 valence electrons. The van der Waals surface area contributed by atoms with E-state index in [1.54, 1.807) is 0 Å². The fourth-order valence-electron chi connectivity index (χ4n) is 2.21. The lowest BCUT2D eigenvalue weighted by Gasteiger charge is -2.07. The lowest BCUT2D eigenvalue weighted by Crippen LogP contribution is -2.34. The van der Waals surface area contributed by atoms with Gasteiger partial charge in [-0.3, -0.25) is 9.59 Å². The van der Waals surface area contributed by atoms with E-state index in [9.17, 15) is 9.59 Å². The minimum Gasteiger partial charge on any atom is -0.471 e. The largest absolute Gasteiger partial charge is 0.471 e. The van der Waals surface area contributed by atoms with E-state index in [-0.39, 0.29) is 34.7 Å². The quantitative estimate of drug-likeness (QED) is 0.657. The first-order valence-corrected chi connectivity index (χ1v) is 8.20. The summed E-state index contributed by atoms with van der Waals surface area (Å²) in [6.45, 7) is 9.49. The zero-order valence-electron chi connectivity index (χ0n) is 14.8. The van der Waals surface area contributed by atoms with Crippen molar-refractivity contribution in [2.24, 2.45) is 9.98 Å². The van der Waals surface area contributed by atoms with Gasteiger partial charge >= 0.3 is 11.8 Å². The second kappa shape index (κ2) is 7.19. The Balaban J connectivity index is 1.58. The van der Waals surface area contributed by atoms with Crippen molar-refractivity contribution in [2.45, 2.75) is 51.6 Å². The van der Waals surface area contributed by atoms with E-state index in [1.807, 2.05) is 27.7 Å². The molecule has 0 spiro atoms. The molecule has 0 unspecified atom stereocenters. The predicted molar refractivity (Wildman–Crippen MR) is 90.2 cm³/mol. The highest BCUT2D eigenvalue weighted by Gasteiger charge is 2.30. The number of aliphatic imine (C=N–C) groups is 2. The van der Waals surface area contributed by atoms with Crippen LogP contribution in [0.2, 0.25) is 0 Å². The van der Waals surface area contributed by atoms with Gasteiger partial charge in [-0.15, -0.1) is 0 Å². The third kappa shape index (κ3) is 5.21. The van der Waals surface area contributed by atoms with E-state index in [1.165, 1.54) is 0 Å². The summed E-state index contributed by atoms with van der Waals surface area (Å²) >= 11 is 0. The monoisotopic (exact) mass is 338 g/mol. The molecule has 0 aliphatic carbocycles. The molecule has 8 heteroatoms. The Hall–Kier alpha value is -2.12. The Kier molecular flexibility index (Phi) is 5.46. The number of hydrogen-bond donors (Lipinski definition) is 2. The van der Waals surface area contributed by atoms with Crippen LogP contribution in [0.5, 0.6) is 0 Å². The van der Waals surface area contributed by atoms with Crippen LogP contribution >= 0.6 is 0 Å². The van der Waals surface area contributed by atoms with Crippen molar-refractivity contribution in [1.29, 1.82) is 0 Å². The SMILES string of the molecule is CC1(C)COC(C(=O)NCCCCNC(=O)C2=NC(C)(C)CO2)=N1. The second-order valence-corrected chi connectivity index (χ2v) is 7.26. The molecule has 0 aromatic carbocycles. The van der Waals surface area contributed by atoms with E-state index >= 15 is 0 Å². The van der Waals surface area contributed by atoms with Crippen molar-refractivity contribution in [3.8, 4) is 0 Å². The molecule has 0 aromatic heterocycles. The topological polar surface area (TPSA) is 101 Å². The highest BCUT2D eigenvalue weighted by molar-refractivity contribution is 6.36. The number of hydrogen-bond acceptors (Lipinski definition) is 6. The minimum absolute atomic E-state index is 0.146. The average molecular weight is 338 g/mol. The number of nitrogens with zero attached hydrogens (tertiary/aromatic N) is 2. The number of amides is 2. The van der Waals surface area contributed by atoms with Crippen LogP contribution in [0.3, 0.4) is 0 Å². The van der Waals surface area contributed by atoms with Gasteiger partial charge in [-0.05, 0) is 40.5 Å². The van der Waals surface area contributed by atoms with Gasteiger partial charge in [0.25, 0.3) is 11.8 Å². The van der Waals surface area contributed by atoms with Crippen molar-refractivity contribution in [1.82, 2.24) is 10.6 Å². The Morgan fingerprint density at radius 3 is 1.54 bits per heavy atom. The van der Waals surface area contributed by atoms with Gasteiger partial charge in [-0.25, -0.2) is 9.98 Å². The maximum absolute atomic E-state index is 11.8. The standard InChI is InChI=1S/C16H26N4O4/c1-15(2)9-23-13(19-15)11(21)17-7-5-6-8-18-12(22)14-20-16(3,4)10-24-14/h5-10H2,1-4H3,(H,17,21)(H,18,22). The molecule has 2 aliphatic heterocycles. The summed E-state index contributed by atoms with van der Waals surface area (Å²) in [5.74, 6) is -0.291. The van der Waals surface area contributed by atoms with Crippen LogP contribution in [-0.4, -0.2) is 61.0 Å². The van der Waals surface area contributed by atoms with E-state index in [0.717, 1.165) is 12.8 Å². The second-order valence-electron chi connectivity index (χ2n) is 7.26. The molecule has 0 fully saturated rings. The van der Waals surface area contributed by atoms with Crippen LogP contribution < -0.4 is 10.6 Å². The molecular weight excluding hydrogens is 312 g/mol. The predicted octanol–water partition coefficient (Wildman–Crippen LogP) is 0.414. The molecule has 0 radical (unpaired) electrons. The minimum atomic E-state index is -0.337. The zero-order chi connectivity index (χ0) is 17.8. The first-order chi connectivity index (χ1) is 11.2. The number of carbonyl (C=O) groups is 2. The zero-order valence-corrected chi connectivity index (χ0v) is 14.8. The highest BCUT2D eigenvalue weighted by Crippen LogP contribution is 2.17. The van der Waals surface area contributed by atoms with Gasteiger partial charge in [0, 0.05) is 13.1 Å². The lowest BCUT2D eigenvalue weighted by molar-refractivity contribution is -0.117. The van der Waals surface area contributed by atoms with Crippen molar-refractivity contribution in [3.05, 3.63) is 0 Å². The molecule has 2 rings (SSSR count). The normalized spacial score (nSPS) is 20.5. The summed E-state index contributed by atoms with van der Waals surface area (Å²) in [6.07, 6.45) is 1.48. The van der Waals surface area contributed by atoms with Crippen molar-refractivity contribution in [3.63, 3.8) is 0 Å². The summed E-state index contributed by atoms with van der Waals surface area (Å²) in [7, 11) is 0. The van der Waals surface area contributed by atoms with Crippen LogP contribution in [-0.2, 0) is 19.1 Å². The summed E-state index contributed by atoms with van der Waals surface area (Å²) in [5, 5.41) is 5.52. The van der Waals surface area contributed by atoms with E-state index in [0.29, 0.717) is 26.3 Å². The van der Waals surface area contributed by atoms with Crippen LogP contribution in [0.1, 0.15) is 40.5 Å². The molecule has 0 atom stereocenters. The lowest BCUT2D eigenvalue weighted by atomic mass is 10.1. The Bertz CT molecular complexity index is 516. The third-order valence-corrected chi connectivity index (χ3v) is 3.50. The van der Waals surface area contributed by atoms with Gasteiger partial charge in [0.2, 0.25) is 0 Å². The maximum Gasteiger partial charge on any atom is 0.306 e. The van der Waals surface area contributed by atoms with Crippen LogP contribution in [0.4, 0.5) is 0 Å². The number of unbranched alkanes of at least 4 members (excludes halogenated alkanes) is 1. The molecule has 0 bridgehead atoms. The van der Waals surface area contributed by atoms with Gasteiger partial charge in [0.05, 0.1) is 11.1 Å². The molecular formula is C16H26N4O4. The molecule has 2 N–H and O–H groups in total. The first-order valence-electron chi connectivity index (χ1n) is 8.20. The van der Waals surface area contributed by atoms with Crippen LogP contribution in [0.25, 0.3) is 0 Å². The average Bonchev–Trinajstić information content (AvgIpc) is 3.04. The fraction of sp³-hybridized carbons (Fsp3) is 0.750. The van der Waals surface area contributed by atoms with E-state index in [4.69, 9.17) is 9.47 Å². The maximum atomic E-state index is 11.8. The molecule has 8 nitrogen and oxygen atoms in total. The van der Waals surface area contributed by atoms with Crippen LogP contribution in [0, 0.1) is 0 Å². The number of rotatable bonds is 7. The van der Waals surface area contributed by atoms with E-state index in [2.05, 4.69) is 20.6 Å². The van der Waals surface area contributed by atoms with Gasteiger partial charge in [0.1, 0.15) is 13.2 Å². The molecule has 2 aliphatic rings. The number of ether oxygens (including phenoxy) is 2. The van der Waals surface area contributed by atoms with Gasteiger partial charge < -0.3 is 20.1 Å². The third-order valence-electron chi connectivity index (χ3n) is 3.50.